The van der Waals surface area contributed by atoms with Gasteiger partial charge >= 0.3 is 0 Å². The highest BCUT2D eigenvalue weighted by Crippen LogP contribution is 2.18. The Balaban J connectivity index is 1.51. The van der Waals surface area contributed by atoms with Crippen molar-refractivity contribution in [2.45, 2.75) is 32.0 Å². The van der Waals surface area contributed by atoms with Crippen LogP contribution in [-0.2, 0) is 6.54 Å². The Morgan fingerprint density at radius 2 is 1.71 bits per heavy atom. The highest BCUT2D eigenvalue weighted by Gasteiger charge is 2.23. The number of nitrogens with one attached hydrogen (secondary N) is 1. The number of nitrogens with zero attached hydrogens (tertiary/aromatic N) is 1. The molecule has 2 heteroatoms. The second-order valence-electron chi connectivity index (χ2n) is 6.01. The van der Waals surface area contributed by atoms with Gasteiger partial charge in [-0.2, -0.15) is 0 Å². The number of rotatable bonds is 5. The van der Waals surface area contributed by atoms with Gasteiger partial charge in [-0.15, -0.1) is 0 Å². The number of benzene rings is 2. The quantitative estimate of drug-likeness (QED) is 0.900. The maximum Gasteiger partial charge on any atom is 0.0294 e. The van der Waals surface area contributed by atoms with Crippen LogP contribution >= 0.6 is 0 Å². The van der Waals surface area contributed by atoms with Gasteiger partial charge in [-0.1, -0.05) is 60.7 Å². The van der Waals surface area contributed by atoms with Crippen molar-refractivity contribution >= 4 is 0 Å². The molecule has 110 valence electrons. The zero-order valence-corrected chi connectivity index (χ0v) is 12.7. The molecule has 1 heterocycles. The molecule has 2 nitrogen and oxygen atoms in total. The van der Waals surface area contributed by atoms with E-state index in [4.69, 9.17) is 0 Å². The number of hydrogen-bond donors (Lipinski definition) is 1. The lowest BCUT2D eigenvalue weighted by Crippen LogP contribution is -2.34. The second kappa shape index (κ2) is 6.88. The molecule has 2 aromatic carbocycles. The first-order valence-electron chi connectivity index (χ1n) is 7.88. The van der Waals surface area contributed by atoms with Crippen LogP contribution in [0.5, 0.6) is 0 Å². The van der Waals surface area contributed by atoms with Crippen LogP contribution in [0.4, 0.5) is 0 Å². The average Bonchev–Trinajstić information content (AvgIpc) is 2.96. The smallest absolute Gasteiger partial charge is 0.0294 e. The van der Waals surface area contributed by atoms with Gasteiger partial charge in [0.25, 0.3) is 0 Å². The van der Waals surface area contributed by atoms with Crippen molar-refractivity contribution in [3.63, 3.8) is 0 Å². The van der Waals surface area contributed by atoms with Crippen LogP contribution in [0.1, 0.15) is 30.5 Å². The molecule has 0 spiro atoms. The summed E-state index contributed by atoms with van der Waals surface area (Å²) in [4.78, 5) is 2.55. The summed E-state index contributed by atoms with van der Waals surface area (Å²) in [5.74, 6) is 0. The lowest BCUT2D eigenvalue weighted by Gasteiger charge is -2.21. The summed E-state index contributed by atoms with van der Waals surface area (Å²) in [6, 6.07) is 22.5. The second-order valence-corrected chi connectivity index (χ2v) is 6.01. The summed E-state index contributed by atoms with van der Waals surface area (Å²) in [6.45, 7) is 5.66. The van der Waals surface area contributed by atoms with Crippen molar-refractivity contribution in [1.82, 2.24) is 10.2 Å². The van der Waals surface area contributed by atoms with Crippen LogP contribution in [0, 0.1) is 0 Å². The molecule has 1 N–H and O–H groups in total. The van der Waals surface area contributed by atoms with Crippen LogP contribution < -0.4 is 5.32 Å². The maximum atomic E-state index is 3.77. The van der Waals surface area contributed by atoms with Crippen molar-refractivity contribution in [3.8, 4) is 0 Å². The number of likely N-dealkylation sites (tertiary alicyclic amines) is 1. The van der Waals surface area contributed by atoms with Crippen molar-refractivity contribution < 1.29 is 0 Å². The fourth-order valence-corrected chi connectivity index (χ4v) is 3.15. The van der Waals surface area contributed by atoms with Gasteiger partial charge in [-0.3, -0.25) is 4.90 Å². The van der Waals surface area contributed by atoms with E-state index in [2.05, 4.69) is 77.8 Å². The third-order valence-corrected chi connectivity index (χ3v) is 4.31. The molecule has 2 atom stereocenters. The zero-order valence-electron chi connectivity index (χ0n) is 12.7. The van der Waals surface area contributed by atoms with Gasteiger partial charge in [-0.25, -0.2) is 0 Å². The van der Waals surface area contributed by atoms with E-state index in [1.807, 2.05) is 0 Å². The zero-order chi connectivity index (χ0) is 14.5. The summed E-state index contributed by atoms with van der Waals surface area (Å²) in [5.41, 5.74) is 2.79. The highest BCUT2D eigenvalue weighted by molar-refractivity contribution is 5.18. The summed E-state index contributed by atoms with van der Waals surface area (Å²) < 4.78 is 0. The van der Waals surface area contributed by atoms with E-state index in [0.717, 1.165) is 13.1 Å². The molecule has 1 saturated heterocycles. The van der Waals surface area contributed by atoms with Crippen LogP contribution in [0.15, 0.2) is 60.7 Å². The van der Waals surface area contributed by atoms with Gasteiger partial charge in [0.05, 0.1) is 0 Å². The summed E-state index contributed by atoms with van der Waals surface area (Å²) in [7, 11) is 0. The molecule has 0 amide bonds. The molecular formula is C19H24N2. The van der Waals surface area contributed by atoms with Gasteiger partial charge in [0.15, 0.2) is 0 Å². The van der Waals surface area contributed by atoms with E-state index < -0.39 is 0 Å². The molecule has 0 aliphatic carbocycles. The minimum absolute atomic E-state index is 0.424. The van der Waals surface area contributed by atoms with Crippen molar-refractivity contribution in [1.29, 1.82) is 0 Å². The predicted octanol–water partition coefficient (Wildman–Crippen LogP) is 3.61. The average molecular weight is 280 g/mol. The molecule has 0 radical (unpaired) electrons. The topological polar surface area (TPSA) is 15.3 Å². The van der Waals surface area contributed by atoms with E-state index in [1.54, 1.807) is 0 Å². The molecule has 2 unspecified atom stereocenters. The molecule has 1 aliphatic heterocycles. The fraction of sp³-hybridized carbons (Fsp3) is 0.368. The van der Waals surface area contributed by atoms with Crippen LogP contribution in [0.2, 0.25) is 0 Å². The minimum atomic E-state index is 0.424. The Labute approximate surface area is 127 Å². The van der Waals surface area contributed by atoms with Gasteiger partial charge in [0.2, 0.25) is 0 Å². The van der Waals surface area contributed by atoms with Crippen molar-refractivity contribution in [2.75, 3.05) is 13.1 Å². The first-order valence-corrected chi connectivity index (χ1v) is 7.88. The molecule has 2 aromatic rings. The normalized spacial score (nSPS) is 20.5. The lowest BCUT2D eigenvalue weighted by molar-refractivity contribution is 0.316. The van der Waals surface area contributed by atoms with Gasteiger partial charge in [0.1, 0.15) is 0 Å². The molecule has 3 rings (SSSR count). The van der Waals surface area contributed by atoms with Gasteiger partial charge in [-0.05, 0) is 24.5 Å². The van der Waals surface area contributed by atoms with E-state index in [1.165, 1.54) is 24.1 Å². The first-order chi connectivity index (χ1) is 10.3. The first kappa shape index (κ1) is 14.3. The Morgan fingerprint density at radius 1 is 1.05 bits per heavy atom. The molecule has 1 aliphatic rings. The van der Waals surface area contributed by atoms with Gasteiger partial charge < -0.3 is 5.32 Å². The number of hydrogen-bond acceptors (Lipinski definition) is 2. The van der Waals surface area contributed by atoms with Crippen LogP contribution in [0.3, 0.4) is 0 Å². The largest absolute Gasteiger partial charge is 0.306 e. The molecule has 0 saturated carbocycles. The van der Waals surface area contributed by atoms with Gasteiger partial charge in [0, 0.05) is 31.7 Å². The van der Waals surface area contributed by atoms with Crippen LogP contribution in [-0.4, -0.2) is 24.0 Å². The third kappa shape index (κ3) is 3.93. The minimum Gasteiger partial charge on any atom is -0.306 e. The predicted molar refractivity (Wildman–Crippen MR) is 88.1 cm³/mol. The van der Waals surface area contributed by atoms with E-state index in [9.17, 15) is 0 Å². The van der Waals surface area contributed by atoms with Crippen LogP contribution in [0.25, 0.3) is 0 Å². The summed E-state index contributed by atoms with van der Waals surface area (Å²) in [6.07, 6.45) is 1.24. The van der Waals surface area contributed by atoms with E-state index in [0.29, 0.717) is 12.1 Å². The molecule has 0 aromatic heterocycles. The van der Waals surface area contributed by atoms with E-state index in [-0.39, 0.29) is 0 Å². The van der Waals surface area contributed by atoms with Crippen molar-refractivity contribution in [2.24, 2.45) is 0 Å². The van der Waals surface area contributed by atoms with Crippen molar-refractivity contribution in [3.05, 3.63) is 71.8 Å². The summed E-state index contributed by atoms with van der Waals surface area (Å²) in [5, 5.41) is 3.77. The third-order valence-electron chi connectivity index (χ3n) is 4.31. The Bertz CT molecular complexity index is 538. The molecule has 1 fully saturated rings. The Morgan fingerprint density at radius 3 is 2.43 bits per heavy atom. The highest BCUT2D eigenvalue weighted by atomic mass is 15.2. The Kier molecular flexibility index (Phi) is 4.69. The maximum absolute atomic E-state index is 3.77. The summed E-state index contributed by atoms with van der Waals surface area (Å²) >= 11 is 0. The fourth-order valence-electron chi connectivity index (χ4n) is 3.15. The lowest BCUT2D eigenvalue weighted by atomic mass is 10.1. The molecule has 21 heavy (non-hydrogen) atoms. The molecule has 0 bridgehead atoms. The monoisotopic (exact) mass is 280 g/mol. The molecular weight excluding hydrogens is 256 g/mol. The standard InChI is InChI=1S/C19H24N2/c1-16(18-10-6-3-7-11-18)20-19-12-13-21(15-19)14-17-8-4-2-5-9-17/h2-11,16,19-20H,12-15H2,1H3. The van der Waals surface area contributed by atoms with E-state index >= 15 is 0 Å². The SMILES string of the molecule is CC(NC1CCN(Cc2ccccc2)C1)c1ccccc1. The Hall–Kier alpha value is -1.64.